The molecule has 0 bridgehead atoms. The van der Waals surface area contributed by atoms with Gasteiger partial charge in [0.2, 0.25) is 5.91 Å². The summed E-state index contributed by atoms with van der Waals surface area (Å²) in [5.74, 6) is 0.208. The van der Waals surface area contributed by atoms with Crippen LogP contribution in [0.4, 0.5) is 17.1 Å². The molecule has 0 saturated heterocycles. The zero-order chi connectivity index (χ0) is 18.0. The van der Waals surface area contributed by atoms with Crippen molar-refractivity contribution in [2.45, 2.75) is 18.2 Å². The second-order valence-electron chi connectivity index (χ2n) is 5.57. The molecule has 1 aliphatic rings. The number of rotatable bonds is 3. The summed E-state index contributed by atoms with van der Waals surface area (Å²) in [6.45, 7) is 1.64. The highest BCUT2D eigenvalue weighted by Gasteiger charge is 2.17. The van der Waals surface area contributed by atoms with Crippen LogP contribution < -0.4 is 10.6 Å². The number of fused-ring (bicyclic) bond motifs is 1. The highest BCUT2D eigenvalue weighted by molar-refractivity contribution is 7.99. The van der Waals surface area contributed by atoms with E-state index in [2.05, 4.69) is 10.6 Å². The van der Waals surface area contributed by atoms with E-state index in [9.17, 15) is 19.7 Å². The van der Waals surface area contributed by atoms with Crippen LogP contribution >= 0.6 is 11.8 Å². The van der Waals surface area contributed by atoms with Crippen molar-refractivity contribution in [3.05, 3.63) is 57.6 Å². The van der Waals surface area contributed by atoms with Gasteiger partial charge in [-0.25, -0.2) is 0 Å². The summed E-state index contributed by atoms with van der Waals surface area (Å²) in [6.07, 6.45) is 0.425. The highest BCUT2D eigenvalue weighted by atomic mass is 32.2. The first-order chi connectivity index (χ1) is 11.9. The molecule has 2 aromatic rings. The Labute approximate surface area is 148 Å². The minimum atomic E-state index is -0.486. The van der Waals surface area contributed by atoms with Crippen molar-refractivity contribution in [1.82, 2.24) is 0 Å². The fourth-order valence-electron chi connectivity index (χ4n) is 2.45. The van der Waals surface area contributed by atoms with E-state index in [1.54, 1.807) is 49.0 Å². The quantitative estimate of drug-likeness (QED) is 0.646. The van der Waals surface area contributed by atoms with Gasteiger partial charge in [-0.05, 0) is 31.2 Å². The van der Waals surface area contributed by atoms with E-state index >= 15 is 0 Å². The van der Waals surface area contributed by atoms with Gasteiger partial charge in [-0.15, -0.1) is 11.8 Å². The number of anilines is 2. The number of hydrogen-bond donors (Lipinski definition) is 2. The molecule has 2 amide bonds. The van der Waals surface area contributed by atoms with Crippen molar-refractivity contribution in [3.8, 4) is 0 Å². The Balaban J connectivity index is 1.83. The number of nitrogens with one attached hydrogen (secondary N) is 2. The second kappa shape index (κ2) is 6.94. The van der Waals surface area contributed by atoms with Gasteiger partial charge in [0.1, 0.15) is 0 Å². The topological polar surface area (TPSA) is 101 Å². The maximum absolute atomic E-state index is 12.4. The Kier molecular flexibility index (Phi) is 4.71. The van der Waals surface area contributed by atoms with Crippen molar-refractivity contribution in [3.63, 3.8) is 0 Å². The van der Waals surface area contributed by atoms with E-state index in [0.717, 1.165) is 4.90 Å². The molecule has 7 nitrogen and oxygen atoms in total. The average Bonchev–Trinajstić information content (AvgIpc) is 2.76. The highest BCUT2D eigenvalue weighted by Crippen LogP contribution is 2.32. The lowest BCUT2D eigenvalue weighted by Crippen LogP contribution is -2.14. The van der Waals surface area contributed by atoms with Crippen molar-refractivity contribution in [1.29, 1.82) is 0 Å². The fraction of sp³-hybridized carbons (Fsp3) is 0.176. The molecule has 0 saturated carbocycles. The zero-order valence-electron chi connectivity index (χ0n) is 13.4. The second-order valence-corrected chi connectivity index (χ2v) is 6.71. The molecule has 128 valence electrons. The van der Waals surface area contributed by atoms with Gasteiger partial charge in [0, 0.05) is 39.9 Å². The smallest absolute Gasteiger partial charge is 0.274 e. The third-order valence-corrected chi connectivity index (χ3v) is 4.84. The summed E-state index contributed by atoms with van der Waals surface area (Å²) in [7, 11) is 0. The molecule has 1 heterocycles. The monoisotopic (exact) mass is 357 g/mol. The third-order valence-electron chi connectivity index (χ3n) is 3.77. The maximum atomic E-state index is 12.4. The van der Waals surface area contributed by atoms with Crippen LogP contribution in [0.2, 0.25) is 0 Å². The molecule has 0 spiro atoms. The van der Waals surface area contributed by atoms with Crippen LogP contribution in [-0.4, -0.2) is 22.5 Å². The number of carbonyl (C=O) groups excluding carboxylic acids is 2. The minimum Gasteiger partial charge on any atom is -0.325 e. The predicted molar refractivity (Wildman–Crippen MR) is 96.2 cm³/mol. The van der Waals surface area contributed by atoms with Crippen molar-refractivity contribution in [2.75, 3.05) is 16.4 Å². The number of aryl methyl sites for hydroxylation is 1. The number of nitro benzene ring substituents is 1. The predicted octanol–water partition coefficient (Wildman–Crippen LogP) is 3.59. The largest absolute Gasteiger partial charge is 0.325 e. The van der Waals surface area contributed by atoms with Crippen LogP contribution in [0, 0.1) is 17.0 Å². The van der Waals surface area contributed by atoms with Gasteiger partial charge in [-0.3, -0.25) is 19.7 Å². The molecule has 0 fully saturated rings. The van der Waals surface area contributed by atoms with Crippen LogP contribution in [0.15, 0.2) is 41.3 Å². The number of benzene rings is 2. The van der Waals surface area contributed by atoms with Gasteiger partial charge in [-0.1, -0.05) is 6.07 Å². The van der Waals surface area contributed by atoms with E-state index in [4.69, 9.17) is 0 Å². The van der Waals surface area contributed by atoms with Gasteiger partial charge >= 0.3 is 0 Å². The van der Waals surface area contributed by atoms with Gasteiger partial charge in [0.25, 0.3) is 11.6 Å². The van der Waals surface area contributed by atoms with Gasteiger partial charge < -0.3 is 10.6 Å². The van der Waals surface area contributed by atoms with Crippen LogP contribution in [-0.2, 0) is 4.79 Å². The molecule has 0 aliphatic carbocycles. The molecule has 2 aromatic carbocycles. The molecule has 2 N–H and O–H groups in total. The average molecular weight is 357 g/mol. The van der Waals surface area contributed by atoms with E-state index < -0.39 is 10.8 Å². The minimum absolute atomic E-state index is 0.0524. The lowest BCUT2D eigenvalue weighted by molar-refractivity contribution is -0.385. The SMILES string of the molecule is Cc1ccc(NC(=O)c2ccc3c(c2)NC(=O)CCS3)cc1[N+](=O)[O-]. The summed E-state index contributed by atoms with van der Waals surface area (Å²) in [6, 6.07) is 9.60. The van der Waals surface area contributed by atoms with Crippen LogP contribution in [0.1, 0.15) is 22.3 Å². The molecular formula is C17H15N3O4S. The standard InChI is InChI=1S/C17H15N3O4S/c1-10-2-4-12(9-14(10)20(23)24)18-17(22)11-3-5-15-13(8-11)19-16(21)6-7-25-15/h2-5,8-9H,6-7H2,1H3,(H,18,22)(H,19,21). The van der Waals surface area contributed by atoms with Crippen LogP contribution in [0.3, 0.4) is 0 Å². The van der Waals surface area contributed by atoms with E-state index in [0.29, 0.717) is 34.7 Å². The lowest BCUT2D eigenvalue weighted by atomic mass is 10.1. The first-order valence-corrected chi connectivity index (χ1v) is 8.56. The Bertz CT molecular complexity index is 882. The van der Waals surface area contributed by atoms with Crippen LogP contribution in [0.5, 0.6) is 0 Å². The maximum Gasteiger partial charge on any atom is 0.274 e. The molecule has 0 radical (unpaired) electrons. The van der Waals surface area contributed by atoms with Crippen molar-refractivity contribution >= 4 is 40.6 Å². The summed E-state index contributed by atoms with van der Waals surface area (Å²) in [5, 5.41) is 16.4. The summed E-state index contributed by atoms with van der Waals surface area (Å²) in [4.78, 5) is 35.5. The summed E-state index contributed by atoms with van der Waals surface area (Å²) < 4.78 is 0. The summed E-state index contributed by atoms with van der Waals surface area (Å²) in [5.41, 5.74) is 1.78. The zero-order valence-corrected chi connectivity index (χ0v) is 14.2. The first kappa shape index (κ1) is 17.0. The molecule has 3 rings (SSSR count). The Morgan fingerprint density at radius 3 is 2.84 bits per heavy atom. The van der Waals surface area contributed by atoms with Gasteiger partial charge in [-0.2, -0.15) is 0 Å². The van der Waals surface area contributed by atoms with Crippen molar-refractivity contribution in [2.24, 2.45) is 0 Å². The van der Waals surface area contributed by atoms with Crippen molar-refractivity contribution < 1.29 is 14.5 Å². The van der Waals surface area contributed by atoms with Crippen LogP contribution in [0.25, 0.3) is 0 Å². The first-order valence-electron chi connectivity index (χ1n) is 7.57. The third kappa shape index (κ3) is 3.80. The molecule has 1 aliphatic heterocycles. The number of nitrogens with zero attached hydrogens (tertiary/aromatic N) is 1. The number of carbonyl (C=O) groups is 2. The molecule has 0 unspecified atom stereocenters. The number of amides is 2. The van der Waals surface area contributed by atoms with E-state index in [1.165, 1.54) is 6.07 Å². The van der Waals surface area contributed by atoms with Gasteiger partial charge in [0.15, 0.2) is 0 Å². The molecule has 0 atom stereocenters. The molecular weight excluding hydrogens is 342 g/mol. The normalized spacial score (nSPS) is 13.4. The van der Waals surface area contributed by atoms with Gasteiger partial charge in [0.05, 0.1) is 10.6 Å². The lowest BCUT2D eigenvalue weighted by Gasteiger charge is -2.10. The Hall–Kier alpha value is -2.87. The summed E-state index contributed by atoms with van der Waals surface area (Å²) >= 11 is 1.55. The van der Waals surface area contributed by atoms with E-state index in [1.807, 2.05) is 0 Å². The fourth-order valence-corrected chi connectivity index (χ4v) is 3.39. The Morgan fingerprint density at radius 2 is 2.08 bits per heavy atom. The molecule has 25 heavy (non-hydrogen) atoms. The number of hydrogen-bond acceptors (Lipinski definition) is 5. The Morgan fingerprint density at radius 1 is 1.28 bits per heavy atom. The number of nitro groups is 1. The number of thioether (sulfide) groups is 1. The molecule has 0 aromatic heterocycles. The van der Waals surface area contributed by atoms with E-state index in [-0.39, 0.29) is 11.6 Å². The molecule has 8 heteroatoms.